The summed E-state index contributed by atoms with van der Waals surface area (Å²) < 4.78 is 0.895. The first kappa shape index (κ1) is 13.7. The van der Waals surface area contributed by atoms with Gasteiger partial charge in [0, 0.05) is 16.2 Å². The van der Waals surface area contributed by atoms with Gasteiger partial charge in [0.05, 0.1) is 5.02 Å². The quantitative estimate of drug-likeness (QED) is 0.756. The molecule has 0 aromatic heterocycles. The van der Waals surface area contributed by atoms with Crippen LogP contribution in [0, 0.1) is 11.8 Å². The molecule has 3 rings (SSSR count). The van der Waals surface area contributed by atoms with Crippen molar-refractivity contribution in [3.63, 3.8) is 0 Å². The lowest BCUT2D eigenvalue weighted by Crippen LogP contribution is -2.40. The minimum Gasteiger partial charge on any atom is -0.359 e. The fourth-order valence-corrected chi connectivity index (χ4v) is 4.03. The molecule has 2 bridgehead atoms. The van der Waals surface area contributed by atoms with E-state index in [9.17, 15) is 0 Å². The second-order valence-corrected chi connectivity index (χ2v) is 7.18. The van der Waals surface area contributed by atoms with Crippen molar-refractivity contribution in [2.45, 2.75) is 31.7 Å². The Kier molecular flexibility index (Phi) is 4.01. The van der Waals surface area contributed by atoms with Gasteiger partial charge in [-0.2, -0.15) is 0 Å². The van der Waals surface area contributed by atoms with Crippen molar-refractivity contribution in [2.75, 3.05) is 5.32 Å². The molecule has 0 saturated heterocycles. The van der Waals surface area contributed by atoms with Gasteiger partial charge in [-0.05, 0) is 77.4 Å². The van der Waals surface area contributed by atoms with Crippen LogP contribution in [0.5, 0.6) is 0 Å². The van der Waals surface area contributed by atoms with Crippen LogP contribution in [-0.2, 0) is 0 Å². The molecule has 2 aliphatic rings. The van der Waals surface area contributed by atoms with E-state index in [4.69, 9.17) is 23.8 Å². The summed E-state index contributed by atoms with van der Waals surface area (Å²) in [6.45, 7) is 0. The monoisotopic (exact) mass is 358 g/mol. The Morgan fingerprint density at radius 3 is 2.79 bits per heavy atom. The lowest BCUT2D eigenvalue weighted by Gasteiger charge is -2.24. The Bertz CT molecular complexity index is 508. The Morgan fingerprint density at radius 2 is 2.16 bits per heavy atom. The predicted octanol–water partition coefficient (Wildman–Crippen LogP) is 4.58. The second-order valence-electron chi connectivity index (χ2n) is 5.51. The smallest absolute Gasteiger partial charge is 0.171 e. The molecule has 1 aromatic rings. The standard InChI is InChI=1S/C14H16BrClN2S/c15-11-4-3-10(7-12(11)16)17-14(19)18-13-6-8-1-2-9(13)5-8/h3-4,7-9,13H,1-2,5-6H2,(H2,17,18,19). The number of rotatable bonds is 2. The number of anilines is 1. The lowest BCUT2D eigenvalue weighted by molar-refractivity contribution is 0.392. The average molecular weight is 360 g/mol. The number of hydrogen-bond acceptors (Lipinski definition) is 1. The summed E-state index contributed by atoms with van der Waals surface area (Å²) in [4.78, 5) is 0. The molecule has 0 spiro atoms. The van der Waals surface area contributed by atoms with E-state index in [1.54, 1.807) is 0 Å². The van der Waals surface area contributed by atoms with Gasteiger partial charge < -0.3 is 10.6 Å². The molecule has 5 heteroatoms. The van der Waals surface area contributed by atoms with Crippen LogP contribution in [0.4, 0.5) is 5.69 Å². The van der Waals surface area contributed by atoms with E-state index in [1.165, 1.54) is 25.7 Å². The zero-order chi connectivity index (χ0) is 13.4. The lowest BCUT2D eigenvalue weighted by atomic mass is 9.96. The van der Waals surface area contributed by atoms with Gasteiger partial charge in [-0.1, -0.05) is 18.0 Å². The van der Waals surface area contributed by atoms with Gasteiger partial charge in [0.25, 0.3) is 0 Å². The molecule has 2 N–H and O–H groups in total. The maximum Gasteiger partial charge on any atom is 0.171 e. The third kappa shape index (κ3) is 3.06. The van der Waals surface area contributed by atoms with Crippen molar-refractivity contribution in [1.82, 2.24) is 5.32 Å². The fourth-order valence-electron chi connectivity index (χ4n) is 3.33. The first-order valence-corrected chi connectivity index (χ1v) is 8.22. The van der Waals surface area contributed by atoms with Crippen LogP contribution in [0.25, 0.3) is 0 Å². The SMILES string of the molecule is S=C(Nc1ccc(Br)c(Cl)c1)NC1CC2CCC1C2. The van der Waals surface area contributed by atoms with E-state index < -0.39 is 0 Å². The molecule has 0 radical (unpaired) electrons. The van der Waals surface area contributed by atoms with Crippen LogP contribution in [0.3, 0.4) is 0 Å². The highest BCUT2D eigenvalue weighted by Crippen LogP contribution is 2.44. The number of halogens is 2. The third-order valence-electron chi connectivity index (χ3n) is 4.23. The van der Waals surface area contributed by atoms with Crippen molar-refractivity contribution in [3.05, 3.63) is 27.7 Å². The van der Waals surface area contributed by atoms with Gasteiger partial charge in [-0.15, -0.1) is 0 Å². The molecule has 19 heavy (non-hydrogen) atoms. The number of nitrogens with one attached hydrogen (secondary N) is 2. The predicted molar refractivity (Wildman–Crippen MR) is 87.7 cm³/mol. The van der Waals surface area contributed by atoms with E-state index in [-0.39, 0.29) is 0 Å². The molecule has 2 nitrogen and oxygen atoms in total. The topological polar surface area (TPSA) is 24.1 Å². The summed E-state index contributed by atoms with van der Waals surface area (Å²) in [5, 5.41) is 8.06. The zero-order valence-corrected chi connectivity index (χ0v) is 13.6. The van der Waals surface area contributed by atoms with Crippen molar-refractivity contribution in [2.24, 2.45) is 11.8 Å². The molecular formula is C14H16BrClN2S. The van der Waals surface area contributed by atoms with Gasteiger partial charge >= 0.3 is 0 Å². The molecule has 2 aliphatic carbocycles. The molecule has 102 valence electrons. The number of fused-ring (bicyclic) bond motifs is 2. The first-order chi connectivity index (χ1) is 9.11. The van der Waals surface area contributed by atoms with E-state index in [1.807, 2.05) is 18.2 Å². The van der Waals surface area contributed by atoms with Crippen molar-refractivity contribution in [3.8, 4) is 0 Å². The highest BCUT2D eigenvalue weighted by atomic mass is 79.9. The Morgan fingerprint density at radius 1 is 1.32 bits per heavy atom. The summed E-state index contributed by atoms with van der Waals surface area (Å²) >= 11 is 14.8. The molecule has 3 atom stereocenters. The number of thiocarbonyl (C=S) groups is 1. The largest absolute Gasteiger partial charge is 0.359 e. The molecule has 0 aliphatic heterocycles. The van der Waals surface area contributed by atoms with Gasteiger partial charge in [-0.25, -0.2) is 0 Å². The summed E-state index contributed by atoms with van der Waals surface area (Å²) in [7, 11) is 0. The van der Waals surface area contributed by atoms with Crippen LogP contribution in [-0.4, -0.2) is 11.2 Å². The summed E-state index contributed by atoms with van der Waals surface area (Å²) in [5.74, 6) is 1.74. The van der Waals surface area contributed by atoms with Crippen molar-refractivity contribution >= 4 is 50.5 Å². The van der Waals surface area contributed by atoms with E-state index in [0.717, 1.165) is 22.0 Å². The zero-order valence-electron chi connectivity index (χ0n) is 10.5. The minimum atomic E-state index is 0.560. The van der Waals surface area contributed by atoms with Crippen LogP contribution in [0.15, 0.2) is 22.7 Å². The van der Waals surface area contributed by atoms with Gasteiger partial charge in [0.2, 0.25) is 0 Å². The second kappa shape index (κ2) is 5.58. The van der Waals surface area contributed by atoms with Crippen molar-refractivity contribution in [1.29, 1.82) is 0 Å². The Hall–Kier alpha value is -0.320. The normalized spacial score (nSPS) is 28.4. The van der Waals surface area contributed by atoms with E-state index >= 15 is 0 Å². The van der Waals surface area contributed by atoms with E-state index in [0.29, 0.717) is 16.2 Å². The maximum atomic E-state index is 6.07. The molecule has 2 saturated carbocycles. The molecule has 0 heterocycles. The Balaban J connectivity index is 1.57. The van der Waals surface area contributed by atoms with E-state index in [2.05, 4.69) is 26.6 Å². The summed E-state index contributed by atoms with van der Waals surface area (Å²) in [5.41, 5.74) is 0.925. The number of benzene rings is 1. The third-order valence-corrected chi connectivity index (χ3v) is 5.68. The van der Waals surface area contributed by atoms with Crippen LogP contribution in [0.2, 0.25) is 5.02 Å². The van der Waals surface area contributed by atoms with Gasteiger partial charge in [0.1, 0.15) is 0 Å². The fraction of sp³-hybridized carbons (Fsp3) is 0.500. The number of hydrogen-bond donors (Lipinski definition) is 2. The summed E-state index contributed by atoms with van der Waals surface area (Å²) in [6.07, 6.45) is 5.42. The highest BCUT2D eigenvalue weighted by Gasteiger charge is 2.39. The van der Waals surface area contributed by atoms with Gasteiger partial charge in [-0.3, -0.25) is 0 Å². The van der Waals surface area contributed by atoms with Crippen LogP contribution < -0.4 is 10.6 Å². The molecule has 0 amide bonds. The minimum absolute atomic E-state index is 0.560. The van der Waals surface area contributed by atoms with Crippen LogP contribution in [0.1, 0.15) is 25.7 Å². The van der Waals surface area contributed by atoms with Crippen molar-refractivity contribution < 1.29 is 0 Å². The molecule has 3 unspecified atom stereocenters. The molecular weight excluding hydrogens is 344 g/mol. The van der Waals surface area contributed by atoms with Crippen LogP contribution >= 0.6 is 39.7 Å². The maximum absolute atomic E-state index is 6.07. The molecule has 1 aromatic carbocycles. The molecule has 2 fully saturated rings. The first-order valence-electron chi connectivity index (χ1n) is 6.64. The summed E-state index contributed by atoms with van der Waals surface area (Å²) in [6, 6.07) is 6.32. The average Bonchev–Trinajstić information content (AvgIpc) is 2.96. The Labute approximate surface area is 132 Å². The highest BCUT2D eigenvalue weighted by molar-refractivity contribution is 9.10. The van der Waals surface area contributed by atoms with Gasteiger partial charge in [0.15, 0.2) is 5.11 Å².